The molecule has 3 aromatic rings. The van der Waals surface area contributed by atoms with E-state index in [0.717, 1.165) is 54.5 Å². The fourth-order valence-corrected chi connectivity index (χ4v) is 6.08. The summed E-state index contributed by atoms with van der Waals surface area (Å²) in [5.41, 5.74) is 3.48. The maximum atomic E-state index is 12.3. The molecule has 0 saturated carbocycles. The molecule has 2 amide bonds. The third-order valence-electron chi connectivity index (χ3n) is 6.34. The molecule has 1 aliphatic carbocycles. The van der Waals surface area contributed by atoms with E-state index in [-0.39, 0.29) is 6.03 Å². The van der Waals surface area contributed by atoms with Crippen LogP contribution in [0.3, 0.4) is 0 Å². The minimum Gasteiger partial charge on any atom is -0.356 e. The number of hydrogen-bond donors (Lipinski definition) is 2. The Labute approximate surface area is 187 Å². The van der Waals surface area contributed by atoms with Crippen molar-refractivity contribution in [3.8, 4) is 0 Å². The standard InChI is InChI=1S/C24H29N5OS/c1-15-8-10-18(11-9-15)28-24(30)25-13-17-5-4-12-29(14-17)22-21-19-6-3-7-20(19)31-23(21)27-16(2)26-22/h8-11,17H,3-7,12-14H2,1-2H3,(H2,25,28,30). The van der Waals surface area contributed by atoms with Crippen LogP contribution in [0, 0.1) is 19.8 Å². The molecule has 162 valence electrons. The van der Waals surface area contributed by atoms with E-state index in [0.29, 0.717) is 12.5 Å². The van der Waals surface area contributed by atoms with Gasteiger partial charge >= 0.3 is 6.03 Å². The van der Waals surface area contributed by atoms with E-state index in [4.69, 9.17) is 9.97 Å². The number of nitrogens with one attached hydrogen (secondary N) is 2. The van der Waals surface area contributed by atoms with Crippen molar-refractivity contribution in [3.05, 3.63) is 46.1 Å². The Bertz CT molecular complexity index is 1110. The number of nitrogens with zero attached hydrogens (tertiary/aromatic N) is 3. The number of fused-ring (bicyclic) bond motifs is 3. The van der Waals surface area contributed by atoms with E-state index in [1.165, 1.54) is 34.2 Å². The lowest BCUT2D eigenvalue weighted by Gasteiger charge is -2.34. The Hall–Kier alpha value is -2.67. The molecule has 6 nitrogen and oxygen atoms in total. The summed E-state index contributed by atoms with van der Waals surface area (Å²) < 4.78 is 0. The fourth-order valence-electron chi connectivity index (χ4n) is 4.78. The van der Waals surface area contributed by atoms with E-state index >= 15 is 0 Å². The van der Waals surface area contributed by atoms with Crippen LogP contribution in [0.5, 0.6) is 0 Å². The topological polar surface area (TPSA) is 70.2 Å². The lowest BCUT2D eigenvalue weighted by Crippen LogP contribution is -2.42. The van der Waals surface area contributed by atoms with E-state index in [1.54, 1.807) is 0 Å². The molecule has 3 heterocycles. The van der Waals surface area contributed by atoms with Gasteiger partial charge in [-0.15, -0.1) is 11.3 Å². The summed E-state index contributed by atoms with van der Waals surface area (Å²) in [4.78, 5) is 27.0. The molecule has 0 bridgehead atoms. The summed E-state index contributed by atoms with van der Waals surface area (Å²) in [6.07, 6.45) is 5.80. The Balaban J connectivity index is 1.27. The van der Waals surface area contributed by atoms with Gasteiger partial charge in [-0.1, -0.05) is 17.7 Å². The van der Waals surface area contributed by atoms with E-state index in [2.05, 4.69) is 15.5 Å². The first-order valence-corrected chi connectivity index (χ1v) is 12.0. The predicted molar refractivity (Wildman–Crippen MR) is 127 cm³/mol. The Morgan fingerprint density at radius 2 is 2.00 bits per heavy atom. The lowest BCUT2D eigenvalue weighted by molar-refractivity contribution is 0.249. The fraction of sp³-hybridized carbons (Fsp3) is 0.458. The molecule has 0 radical (unpaired) electrons. The predicted octanol–water partition coefficient (Wildman–Crippen LogP) is 4.83. The number of amides is 2. The summed E-state index contributed by atoms with van der Waals surface area (Å²) in [7, 11) is 0. The van der Waals surface area contributed by atoms with Gasteiger partial charge in [0, 0.05) is 30.2 Å². The van der Waals surface area contributed by atoms with Crippen LogP contribution >= 0.6 is 11.3 Å². The van der Waals surface area contributed by atoms with Crippen LogP contribution in [-0.2, 0) is 12.8 Å². The van der Waals surface area contributed by atoms with Gasteiger partial charge in [0.15, 0.2) is 0 Å². The molecule has 7 heteroatoms. The van der Waals surface area contributed by atoms with E-state index < -0.39 is 0 Å². The maximum absolute atomic E-state index is 12.3. The summed E-state index contributed by atoms with van der Waals surface area (Å²) in [5, 5.41) is 7.28. The smallest absolute Gasteiger partial charge is 0.319 e. The molecular formula is C24H29N5OS. The van der Waals surface area contributed by atoms with Gasteiger partial charge in [0.1, 0.15) is 16.5 Å². The lowest BCUT2D eigenvalue weighted by atomic mass is 9.97. The van der Waals surface area contributed by atoms with Crippen LogP contribution in [-0.4, -0.2) is 35.6 Å². The number of thiophene rings is 1. The minimum atomic E-state index is -0.142. The first kappa shape index (κ1) is 20.2. The number of piperidine rings is 1. The van der Waals surface area contributed by atoms with Gasteiger partial charge in [-0.05, 0) is 69.6 Å². The second kappa shape index (κ2) is 8.46. The van der Waals surface area contributed by atoms with E-state index in [1.807, 2.05) is 49.4 Å². The summed E-state index contributed by atoms with van der Waals surface area (Å²) in [6, 6.07) is 7.72. The SMILES string of the molecule is Cc1ccc(NC(=O)NCC2CCCN(c3nc(C)nc4sc5c(c34)CCC5)C2)cc1. The first-order chi connectivity index (χ1) is 15.1. The number of hydrogen-bond acceptors (Lipinski definition) is 5. The zero-order valence-corrected chi connectivity index (χ0v) is 19.0. The van der Waals surface area contributed by atoms with Crippen molar-refractivity contribution < 1.29 is 4.79 Å². The molecule has 1 aliphatic heterocycles. The molecule has 1 fully saturated rings. The highest BCUT2D eigenvalue weighted by atomic mass is 32.1. The average molecular weight is 436 g/mol. The van der Waals surface area contributed by atoms with Crippen LogP contribution in [0.1, 0.15) is 41.1 Å². The van der Waals surface area contributed by atoms with Crippen LogP contribution in [0.25, 0.3) is 10.2 Å². The summed E-state index contributed by atoms with van der Waals surface area (Å²) >= 11 is 1.85. The quantitative estimate of drug-likeness (QED) is 0.615. The highest BCUT2D eigenvalue weighted by Gasteiger charge is 2.27. The first-order valence-electron chi connectivity index (χ1n) is 11.2. The van der Waals surface area contributed by atoms with Gasteiger partial charge in [-0.25, -0.2) is 14.8 Å². The molecule has 2 N–H and O–H groups in total. The number of rotatable bonds is 4. The van der Waals surface area contributed by atoms with Crippen molar-refractivity contribution in [2.75, 3.05) is 29.9 Å². The monoisotopic (exact) mass is 435 g/mol. The van der Waals surface area contributed by atoms with Gasteiger partial charge in [0.2, 0.25) is 0 Å². The van der Waals surface area contributed by atoms with Crippen molar-refractivity contribution in [1.82, 2.24) is 15.3 Å². The molecule has 1 atom stereocenters. The Morgan fingerprint density at radius 3 is 2.84 bits per heavy atom. The number of anilines is 2. The second-order valence-electron chi connectivity index (χ2n) is 8.79. The Kier molecular flexibility index (Phi) is 5.52. The molecule has 31 heavy (non-hydrogen) atoms. The van der Waals surface area contributed by atoms with Crippen LogP contribution < -0.4 is 15.5 Å². The van der Waals surface area contributed by atoms with Gasteiger partial charge in [-0.2, -0.15) is 0 Å². The maximum Gasteiger partial charge on any atom is 0.319 e. The molecule has 1 unspecified atom stereocenters. The van der Waals surface area contributed by atoms with Crippen LogP contribution in [0.2, 0.25) is 0 Å². The highest BCUT2D eigenvalue weighted by molar-refractivity contribution is 7.19. The minimum absolute atomic E-state index is 0.142. The van der Waals surface area contributed by atoms with Gasteiger partial charge < -0.3 is 15.5 Å². The highest BCUT2D eigenvalue weighted by Crippen LogP contribution is 2.41. The van der Waals surface area contributed by atoms with Crippen molar-refractivity contribution in [3.63, 3.8) is 0 Å². The molecule has 5 rings (SSSR count). The zero-order valence-electron chi connectivity index (χ0n) is 18.2. The van der Waals surface area contributed by atoms with Gasteiger partial charge in [0.25, 0.3) is 0 Å². The van der Waals surface area contributed by atoms with Crippen molar-refractivity contribution in [2.45, 2.75) is 46.0 Å². The molecule has 0 spiro atoms. The molecule has 2 aliphatic rings. The second-order valence-corrected chi connectivity index (χ2v) is 9.87. The van der Waals surface area contributed by atoms with Crippen molar-refractivity contribution >= 4 is 39.1 Å². The van der Waals surface area contributed by atoms with Crippen LogP contribution in [0.4, 0.5) is 16.3 Å². The molecule has 1 saturated heterocycles. The largest absolute Gasteiger partial charge is 0.356 e. The van der Waals surface area contributed by atoms with Gasteiger partial charge in [0.05, 0.1) is 5.39 Å². The number of carbonyl (C=O) groups excluding carboxylic acids is 1. The van der Waals surface area contributed by atoms with E-state index in [9.17, 15) is 4.79 Å². The van der Waals surface area contributed by atoms with Crippen molar-refractivity contribution in [1.29, 1.82) is 0 Å². The number of aryl methyl sites for hydroxylation is 4. The summed E-state index contributed by atoms with van der Waals surface area (Å²) in [6.45, 7) is 6.63. The summed E-state index contributed by atoms with van der Waals surface area (Å²) in [5.74, 6) is 2.37. The zero-order chi connectivity index (χ0) is 21.4. The van der Waals surface area contributed by atoms with Gasteiger partial charge in [-0.3, -0.25) is 0 Å². The molecule has 1 aromatic carbocycles. The van der Waals surface area contributed by atoms with Crippen molar-refractivity contribution in [2.24, 2.45) is 5.92 Å². The number of urea groups is 1. The Morgan fingerprint density at radius 1 is 1.16 bits per heavy atom. The number of aromatic nitrogens is 2. The molecular weight excluding hydrogens is 406 g/mol. The molecule has 2 aromatic heterocycles. The normalized spacial score (nSPS) is 18.3. The third kappa shape index (κ3) is 4.24. The third-order valence-corrected chi connectivity index (χ3v) is 7.52. The average Bonchev–Trinajstić information content (AvgIpc) is 3.34. The number of carbonyl (C=O) groups is 1. The van der Waals surface area contributed by atoms with Crippen LogP contribution in [0.15, 0.2) is 24.3 Å². The number of benzene rings is 1.